The first-order valence-corrected chi connectivity index (χ1v) is 8.39. The number of ether oxygens (including phenoxy) is 2. The molecule has 21 heavy (non-hydrogen) atoms. The third-order valence-electron chi connectivity index (χ3n) is 2.98. The van der Waals surface area contributed by atoms with Crippen LogP contribution in [0.5, 0.6) is 5.75 Å². The Morgan fingerprint density at radius 2 is 2.00 bits per heavy atom. The Balaban J connectivity index is 2.23. The Labute approximate surface area is 137 Å². The fourth-order valence-corrected chi connectivity index (χ4v) is 3.62. The molecule has 3 nitrogen and oxygen atoms in total. The topological polar surface area (TPSA) is 35.5 Å². The average Bonchev–Trinajstić information content (AvgIpc) is 2.86. The lowest BCUT2D eigenvalue weighted by Crippen LogP contribution is -2.04. The van der Waals surface area contributed by atoms with E-state index < -0.39 is 0 Å². The number of hydrogen-bond donors (Lipinski definition) is 0. The fourth-order valence-electron chi connectivity index (χ4n) is 1.91. The molecule has 0 amide bonds. The van der Waals surface area contributed by atoms with Crippen molar-refractivity contribution >= 4 is 33.2 Å². The third kappa shape index (κ3) is 4.08. The third-order valence-corrected chi connectivity index (χ3v) is 5.06. The highest BCUT2D eigenvalue weighted by atomic mass is 79.9. The van der Waals surface area contributed by atoms with Crippen molar-refractivity contribution in [1.29, 1.82) is 0 Å². The van der Waals surface area contributed by atoms with Crippen LogP contribution in [0.4, 0.5) is 0 Å². The molecule has 112 valence electrons. The van der Waals surface area contributed by atoms with Crippen molar-refractivity contribution in [3.05, 3.63) is 39.7 Å². The molecule has 0 saturated carbocycles. The van der Waals surface area contributed by atoms with Crippen molar-refractivity contribution in [2.75, 3.05) is 13.7 Å². The van der Waals surface area contributed by atoms with Crippen LogP contribution in [0.3, 0.4) is 0 Å². The Hall–Kier alpha value is -1.33. The van der Waals surface area contributed by atoms with Crippen LogP contribution in [0.15, 0.2) is 34.1 Å². The predicted octanol–water partition coefficient (Wildman–Crippen LogP) is 4.68. The van der Waals surface area contributed by atoms with Gasteiger partial charge in [0.2, 0.25) is 0 Å². The number of thiophene rings is 1. The van der Waals surface area contributed by atoms with Gasteiger partial charge in [-0.25, -0.2) is 0 Å². The van der Waals surface area contributed by atoms with Gasteiger partial charge in [-0.2, -0.15) is 0 Å². The zero-order valence-electron chi connectivity index (χ0n) is 12.0. The van der Waals surface area contributed by atoms with Gasteiger partial charge in [-0.3, -0.25) is 4.79 Å². The first-order chi connectivity index (χ1) is 10.2. The zero-order chi connectivity index (χ0) is 15.2. The number of benzene rings is 1. The number of carbonyl (C=O) groups is 1. The molecule has 0 aliphatic heterocycles. The quantitative estimate of drug-likeness (QED) is 0.694. The minimum absolute atomic E-state index is 0.238. The maximum absolute atomic E-state index is 11.5. The molecule has 0 saturated heterocycles. The second kappa shape index (κ2) is 7.61. The van der Waals surface area contributed by atoms with Crippen molar-refractivity contribution in [2.45, 2.75) is 19.8 Å². The van der Waals surface area contributed by atoms with Crippen LogP contribution in [0.2, 0.25) is 0 Å². The number of rotatable bonds is 6. The highest BCUT2D eigenvalue weighted by molar-refractivity contribution is 9.10. The molecule has 0 aliphatic rings. The van der Waals surface area contributed by atoms with E-state index in [1.807, 2.05) is 29.6 Å². The van der Waals surface area contributed by atoms with Gasteiger partial charge in [0, 0.05) is 14.7 Å². The predicted molar refractivity (Wildman–Crippen MR) is 89.0 cm³/mol. The number of carbonyl (C=O) groups excluding carboxylic acids is 1. The molecule has 0 aliphatic carbocycles. The summed E-state index contributed by atoms with van der Waals surface area (Å²) in [5.41, 5.74) is 2.04. The Morgan fingerprint density at radius 1 is 1.29 bits per heavy atom. The molecule has 2 rings (SSSR count). The van der Waals surface area contributed by atoms with Gasteiger partial charge in [0.05, 0.1) is 20.1 Å². The molecule has 0 unspecified atom stereocenters. The van der Waals surface area contributed by atoms with Crippen molar-refractivity contribution in [2.24, 2.45) is 0 Å². The monoisotopic (exact) mass is 368 g/mol. The molecule has 1 heterocycles. The largest absolute Gasteiger partial charge is 0.494 e. The normalized spacial score (nSPS) is 10.4. The van der Waals surface area contributed by atoms with Crippen LogP contribution in [0.25, 0.3) is 10.4 Å². The van der Waals surface area contributed by atoms with E-state index in [1.165, 1.54) is 7.11 Å². The molecule has 1 aromatic carbocycles. The van der Waals surface area contributed by atoms with E-state index in [0.717, 1.165) is 39.3 Å². The first kappa shape index (κ1) is 16.0. The average molecular weight is 369 g/mol. The molecule has 5 heteroatoms. The van der Waals surface area contributed by atoms with Crippen LogP contribution < -0.4 is 4.74 Å². The number of esters is 1. The summed E-state index contributed by atoms with van der Waals surface area (Å²) in [5, 5.41) is 2.00. The second-order valence-corrected chi connectivity index (χ2v) is 6.25. The Bertz CT molecular complexity index is 604. The summed E-state index contributed by atoms with van der Waals surface area (Å²) < 4.78 is 11.3. The van der Waals surface area contributed by atoms with Crippen LogP contribution in [-0.4, -0.2) is 19.7 Å². The fraction of sp³-hybridized carbons (Fsp3) is 0.312. The number of hydrogen-bond acceptors (Lipinski definition) is 4. The molecule has 0 bridgehead atoms. The van der Waals surface area contributed by atoms with Gasteiger partial charge in [0.25, 0.3) is 0 Å². The lowest BCUT2D eigenvalue weighted by atomic mass is 10.1. The van der Waals surface area contributed by atoms with Crippen molar-refractivity contribution < 1.29 is 14.3 Å². The van der Waals surface area contributed by atoms with Gasteiger partial charge in [-0.15, -0.1) is 11.3 Å². The van der Waals surface area contributed by atoms with E-state index >= 15 is 0 Å². The van der Waals surface area contributed by atoms with E-state index in [1.54, 1.807) is 11.3 Å². The Kier molecular flexibility index (Phi) is 5.82. The highest BCUT2D eigenvalue weighted by Gasteiger charge is 2.15. The molecule has 0 spiro atoms. The SMILES string of the molecule is CCCOc1ccc(-c2scc(Br)c2CC(=O)OC)cc1. The summed E-state index contributed by atoms with van der Waals surface area (Å²) in [6, 6.07) is 7.95. The first-order valence-electron chi connectivity index (χ1n) is 6.71. The minimum Gasteiger partial charge on any atom is -0.494 e. The van der Waals surface area contributed by atoms with Gasteiger partial charge >= 0.3 is 5.97 Å². The summed E-state index contributed by atoms with van der Waals surface area (Å²) in [5.74, 6) is 0.629. The lowest BCUT2D eigenvalue weighted by Gasteiger charge is -2.07. The summed E-state index contributed by atoms with van der Waals surface area (Å²) in [4.78, 5) is 12.6. The van der Waals surface area contributed by atoms with Crippen LogP contribution in [0.1, 0.15) is 18.9 Å². The molecule has 0 radical (unpaired) electrons. The van der Waals surface area contributed by atoms with Crippen LogP contribution >= 0.6 is 27.3 Å². The van der Waals surface area contributed by atoms with Crippen molar-refractivity contribution in [1.82, 2.24) is 0 Å². The summed E-state index contributed by atoms with van der Waals surface area (Å²) in [6.45, 7) is 2.80. The van der Waals surface area contributed by atoms with E-state index in [9.17, 15) is 4.79 Å². The summed E-state index contributed by atoms with van der Waals surface area (Å²) in [6.07, 6.45) is 1.26. The van der Waals surface area contributed by atoms with Crippen LogP contribution in [-0.2, 0) is 16.0 Å². The molecule has 0 fully saturated rings. The number of halogens is 1. The standard InChI is InChI=1S/C16H17BrO3S/c1-3-8-20-12-6-4-11(5-7-12)16-13(9-15(18)19-2)14(17)10-21-16/h4-7,10H,3,8-9H2,1-2H3. The van der Waals surface area contributed by atoms with Crippen LogP contribution in [0, 0.1) is 0 Å². The molecular formula is C16H17BrO3S. The van der Waals surface area contributed by atoms with Gasteiger partial charge in [-0.1, -0.05) is 6.92 Å². The summed E-state index contributed by atoms with van der Waals surface area (Å²) in [7, 11) is 1.40. The van der Waals surface area contributed by atoms with Gasteiger partial charge < -0.3 is 9.47 Å². The van der Waals surface area contributed by atoms with Gasteiger partial charge in [-0.05, 0) is 57.7 Å². The van der Waals surface area contributed by atoms with Crippen molar-refractivity contribution in [3.63, 3.8) is 0 Å². The highest BCUT2D eigenvalue weighted by Crippen LogP contribution is 2.37. The van der Waals surface area contributed by atoms with E-state index in [4.69, 9.17) is 9.47 Å². The van der Waals surface area contributed by atoms with Crippen molar-refractivity contribution in [3.8, 4) is 16.2 Å². The summed E-state index contributed by atoms with van der Waals surface area (Å²) >= 11 is 5.11. The molecule has 2 aromatic rings. The molecule has 0 N–H and O–H groups in total. The maximum Gasteiger partial charge on any atom is 0.310 e. The van der Waals surface area contributed by atoms with Gasteiger partial charge in [0.15, 0.2) is 0 Å². The van der Waals surface area contributed by atoms with E-state index in [0.29, 0.717) is 0 Å². The zero-order valence-corrected chi connectivity index (χ0v) is 14.4. The van der Waals surface area contributed by atoms with Gasteiger partial charge in [0.1, 0.15) is 5.75 Å². The lowest BCUT2D eigenvalue weighted by molar-refractivity contribution is -0.139. The molecule has 0 atom stereocenters. The minimum atomic E-state index is -0.238. The maximum atomic E-state index is 11.5. The smallest absolute Gasteiger partial charge is 0.310 e. The number of methoxy groups -OCH3 is 1. The second-order valence-electron chi connectivity index (χ2n) is 4.52. The Morgan fingerprint density at radius 3 is 2.62 bits per heavy atom. The molecular weight excluding hydrogens is 352 g/mol. The molecule has 1 aromatic heterocycles. The van der Waals surface area contributed by atoms with E-state index in [-0.39, 0.29) is 12.4 Å². The van der Waals surface area contributed by atoms with E-state index in [2.05, 4.69) is 22.9 Å².